The van der Waals surface area contributed by atoms with Gasteiger partial charge >= 0.3 is 0 Å². The summed E-state index contributed by atoms with van der Waals surface area (Å²) in [7, 11) is 2.04. The van der Waals surface area contributed by atoms with Gasteiger partial charge in [0.05, 0.1) is 15.9 Å². The van der Waals surface area contributed by atoms with Gasteiger partial charge in [-0.2, -0.15) is 5.10 Å². The highest BCUT2D eigenvalue weighted by Gasteiger charge is 2.22. The Bertz CT molecular complexity index is 417. The lowest BCUT2D eigenvalue weighted by Gasteiger charge is -2.32. The summed E-state index contributed by atoms with van der Waals surface area (Å²) in [6.07, 6.45) is 4.74. The Morgan fingerprint density at radius 2 is 2.26 bits per heavy atom. The Kier molecular flexibility index (Phi) is 5.72. The largest absolute Gasteiger partial charge is 0.297 e. The van der Waals surface area contributed by atoms with E-state index in [0.717, 1.165) is 36.9 Å². The molecule has 1 aliphatic heterocycles. The minimum atomic E-state index is 0.767. The van der Waals surface area contributed by atoms with E-state index in [4.69, 9.17) is 11.6 Å². The van der Waals surface area contributed by atoms with Crippen LogP contribution in [-0.4, -0.2) is 33.6 Å². The highest BCUT2D eigenvalue weighted by Crippen LogP contribution is 2.26. The van der Waals surface area contributed by atoms with Crippen molar-refractivity contribution in [3.05, 3.63) is 15.9 Å². The normalized spacial score (nSPS) is 20.9. The van der Waals surface area contributed by atoms with Gasteiger partial charge in [-0.3, -0.25) is 9.58 Å². The molecule has 1 aliphatic rings. The van der Waals surface area contributed by atoms with Crippen LogP contribution >= 0.6 is 27.5 Å². The van der Waals surface area contributed by atoms with E-state index in [1.807, 2.05) is 11.7 Å². The number of likely N-dealkylation sites (tertiary alicyclic amines) is 1. The van der Waals surface area contributed by atoms with E-state index in [2.05, 4.69) is 32.9 Å². The van der Waals surface area contributed by atoms with Gasteiger partial charge in [0, 0.05) is 26.0 Å². The third-order valence-electron chi connectivity index (χ3n) is 4.00. The van der Waals surface area contributed by atoms with E-state index in [1.54, 1.807) is 0 Å². The predicted octanol–water partition coefficient (Wildman–Crippen LogP) is 3.59. The fourth-order valence-corrected chi connectivity index (χ4v) is 3.94. The number of hydrogen-bond acceptors (Lipinski definition) is 2. The molecule has 0 N–H and O–H groups in total. The van der Waals surface area contributed by atoms with Gasteiger partial charge in [-0.05, 0) is 54.1 Å². The van der Waals surface area contributed by atoms with Crippen molar-refractivity contribution in [1.82, 2.24) is 14.7 Å². The molecule has 0 aliphatic carbocycles. The van der Waals surface area contributed by atoms with Crippen LogP contribution < -0.4 is 0 Å². The molecule has 1 unspecified atom stereocenters. The second-order valence-corrected chi connectivity index (χ2v) is 6.58. The van der Waals surface area contributed by atoms with Gasteiger partial charge in [0.1, 0.15) is 0 Å². The van der Waals surface area contributed by atoms with Crippen LogP contribution in [-0.2, 0) is 20.0 Å². The van der Waals surface area contributed by atoms with Crippen LogP contribution in [0.3, 0.4) is 0 Å². The van der Waals surface area contributed by atoms with E-state index in [-0.39, 0.29) is 0 Å². The van der Waals surface area contributed by atoms with Crippen LogP contribution in [0.15, 0.2) is 4.47 Å². The Labute approximate surface area is 129 Å². The van der Waals surface area contributed by atoms with E-state index in [0.29, 0.717) is 0 Å². The maximum absolute atomic E-state index is 5.88. The first-order valence-electron chi connectivity index (χ1n) is 7.14. The molecular weight excluding hydrogens is 326 g/mol. The number of aryl methyl sites for hydroxylation is 2. The van der Waals surface area contributed by atoms with Gasteiger partial charge in [-0.25, -0.2) is 0 Å². The molecule has 0 spiro atoms. The van der Waals surface area contributed by atoms with Crippen LogP contribution in [0.2, 0.25) is 0 Å². The SMILES string of the molecule is CCc1nn(C)c(CN2CCCC(CCCl)C2)c1Br. The average Bonchev–Trinajstić information content (AvgIpc) is 2.67. The lowest BCUT2D eigenvalue weighted by molar-refractivity contribution is 0.161. The van der Waals surface area contributed by atoms with E-state index in [9.17, 15) is 0 Å². The van der Waals surface area contributed by atoms with Gasteiger partial charge in [0.15, 0.2) is 0 Å². The molecule has 1 fully saturated rings. The van der Waals surface area contributed by atoms with Gasteiger partial charge in [0.25, 0.3) is 0 Å². The summed E-state index contributed by atoms with van der Waals surface area (Å²) in [5.74, 6) is 1.55. The second kappa shape index (κ2) is 7.09. The molecule has 0 aromatic carbocycles. The summed E-state index contributed by atoms with van der Waals surface area (Å²) < 4.78 is 3.21. The molecule has 0 amide bonds. The summed E-state index contributed by atoms with van der Waals surface area (Å²) in [6, 6.07) is 0. The molecule has 2 heterocycles. The van der Waals surface area contributed by atoms with Crippen molar-refractivity contribution in [3.8, 4) is 0 Å². The number of halogens is 2. The first kappa shape index (κ1) is 15.3. The second-order valence-electron chi connectivity index (χ2n) is 5.41. The van der Waals surface area contributed by atoms with Crippen molar-refractivity contribution in [3.63, 3.8) is 0 Å². The fourth-order valence-electron chi connectivity index (χ4n) is 2.89. The van der Waals surface area contributed by atoms with Gasteiger partial charge < -0.3 is 0 Å². The molecule has 5 heteroatoms. The Morgan fingerprint density at radius 3 is 2.89 bits per heavy atom. The molecule has 0 radical (unpaired) electrons. The number of rotatable bonds is 5. The Balaban J connectivity index is 2.02. The Hall–Kier alpha value is -0.0600. The molecule has 1 atom stereocenters. The minimum absolute atomic E-state index is 0.767. The number of hydrogen-bond donors (Lipinski definition) is 0. The average molecular weight is 349 g/mol. The summed E-state index contributed by atoms with van der Waals surface area (Å²) in [5.41, 5.74) is 2.45. The highest BCUT2D eigenvalue weighted by molar-refractivity contribution is 9.10. The van der Waals surface area contributed by atoms with Crippen molar-refractivity contribution >= 4 is 27.5 Å². The minimum Gasteiger partial charge on any atom is -0.297 e. The zero-order chi connectivity index (χ0) is 13.8. The van der Waals surface area contributed by atoms with Crippen LogP contribution in [0.5, 0.6) is 0 Å². The Morgan fingerprint density at radius 1 is 1.47 bits per heavy atom. The summed E-state index contributed by atoms with van der Waals surface area (Å²) in [6.45, 7) is 5.50. The maximum Gasteiger partial charge on any atom is 0.0767 e. The number of aromatic nitrogens is 2. The summed E-state index contributed by atoms with van der Waals surface area (Å²) in [5, 5.41) is 4.57. The van der Waals surface area contributed by atoms with Crippen LogP contribution in [0.25, 0.3) is 0 Å². The van der Waals surface area contributed by atoms with Crippen molar-refractivity contribution in [2.24, 2.45) is 13.0 Å². The molecule has 0 bridgehead atoms. The zero-order valence-corrected chi connectivity index (χ0v) is 14.2. The third kappa shape index (κ3) is 3.73. The quantitative estimate of drug-likeness (QED) is 0.758. The van der Waals surface area contributed by atoms with Gasteiger partial charge in [0.2, 0.25) is 0 Å². The number of alkyl halides is 1. The molecule has 3 nitrogen and oxygen atoms in total. The van der Waals surface area contributed by atoms with Gasteiger partial charge in [-0.15, -0.1) is 11.6 Å². The zero-order valence-electron chi connectivity index (χ0n) is 11.8. The topological polar surface area (TPSA) is 21.1 Å². The molecule has 0 saturated carbocycles. The number of piperidine rings is 1. The molecule has 1 aromatic heterocycles. The monoisotopic (exact) mass is 347 g/mol. The van der Waals surface area contributed by atoms with E-state index in [1.165, 1.54) is 36.1 Å². The van der Waals surface area contributed by atoms with Crippen molar-refractivity contribution in [2.45, 2.75) is 39.2 Å². The summed E-state index contributed by atoms with van der Waals surface area (Å²) >= 11 is 9.58. The van der Waals surface area contributed by atoms with Crippen molar-refractivity contribution in [2.75, 3.05) is 19.0 Å². The van der Waals surface area contributed by atoms with Crippen LogP contribution in [0, 0.1) is 5.92 Å². The molecule has 2 rings (SSSR count). The molecule has 1 aromatic rings. The lowest BCUT2D eigenvalue weighted by Crippen LogP contribution is -2.35. The van der Waals surface area contributed by atoms with Crippen LogP contribution in [0.4, 0.5) is 0 Å². The number of nitrogens with zero attached hydrogens (tertiary/aromatic N) is 3. The van der Waals surface area contributed by atoms with Crippen molar-refractivity contribution < 1.29 is 0 Å². The summed E-state index contributed by atoms with van der Waals surface area (Å²) in [4.78, 5) is 2.54. The smallest absolute Gasteiger partial charge is 0.0767 e. The standard InChI is InChI=1S/C14H23BrClN3/c1-3-12-14(15)13(18(2)17-12)10-19-8-4-5-11(9-19)6-7-16/h11H,3-10H2,1-2H3. The maximum atomic E-state index is 5.88. The first-order chi connectivity index (χ1) is 9.15. The molecular formula is C14H23BrClN3. The highest BCUT2D eigenvalue weighted by atomic mass is 79.9. The molecule has 108 valence electrons. The predicted molar refractivity (Wildman–Crippen MR) is 83.6 cm³/mol. The molecule has 1 saturated heterocycles. The molecule has 19 heavy (non-hydrogen) atoms. The van der Waals surface area contributed by atoms with Crippen molar-refractivity contribution in [1.29, 1.82) is 0 Å². The first-order valence-corrected chi connectivity index (χ1v) is 8.47. The van der Waals surface area contributed by atoms with E-state index >= 15 is 0 Å². The van der Waals surface area contributed by atoms with E-state index < -0.39 is 0 Å². The fraction of sp³-hybridized carbons (Fsp3) is 0.786. The van der Waals surface area contributed by atoms with Gasteiger partial charge in [-0.1, -0.05) is 6.92 Å². The van der Waals surface area contributed by atoms with Crippen LogP contribution in [0.1, 0.15) is 37.6 Å². The lowest BCUT2D eigenvalue weighted by atomic mass is 9.95. The third-order valence-corrected chi connectivity index (χ3v) is 5.13.